The molecule has 1 atom stereocenters. The largest absolute Gasteiger partial charge is 0.358 e. The lowest BCUT2D eigenvalue weighted by atomic mass is 9.84. The summed E-state index contributed by atoms with van der Waals surface area (Å²) in [6.45, 7) is 0.517. The number of amides is 1. The predicted molar refractivity (Wildman–Crippen MR) is 128 cm³/mol. The molecule has 0 unspecified atom stereocenters. The third kappa shape index (κ3) is 5.87. The Bertz CT molecular complexity index is 983. The van der Waals surface area contributed by atoms with Crippen LogP contribution in [0.25, 0.3) is 5.82 Å². The van der Waals surface area contributed by atoms with Crippen LogP contribution in [0.15, 0.2) is 60.9 Å². The number of carbonyl (C=O) groups is 1. The first kappa shape index (κ1) is 21.9. The van der Waals surface area contributed by atoms with E-state index in [1.807, 2.05) is 65.5 Å². The molecule has 1 fully saturated rings. The summed E-state index contributed by atoms with van der Waals surface area (Å²) in [6, 6.07) is 15.5. The summed E-state index contributed by atoms with van der Waals surface area (Å²) in [5, 5.41) is 9.56. The maximum Gasteiger partial charge on any atom is 0.242 e. The van der Waals surface area contributed by atoms with Gasteiger partial charge in [-0.15, -0.1) is 0 Å². The zero-order valence-corrected chi connectivity index (χ0v) is 18.6. The Kier molecular flexibility index (Phi) is 7.38. The number of carbonyl (C=O) groups excluding carboxylic acids is 1. The van der Waals surface area contributed by atoms with Gasteiger partial charge in [-0.25, -0.2) is 0 Å². The number of nitrogens with one attached hydrogen (secondary N) is 3. The zero-order valence-electron chi connectivity index (χ0n) is 18.6. The van der Waals surface area contributed by atoms with E-state index in [0.29, 0.717) is 24.2 Å². The molecule has 4 rings (SSSR count). The number of aromatic nitrogens is 3. The summed E-state index contributed by atoms with van der Waals surface area (Å²) in [5.41, 5.74) is 1.09. The van der Waals surface area contributed by atoms with E-state index < -0.39 is 0 Å². The molecule has 0 spiro atoms. The third-order valence-electron chi connectivity index (χ3n) is 6.05. The molecule has 0 saturated heterocycles. The molecule has 32 heavy (non-hydrogen) atoms. The molecule has 3 N–H and O–H groups in total. The van der Waals surface area contributed by atoms with Gasteiger partial charge in [-0.1, -0.05) is 62.4 Å². The summed E-state index contributed by atoms with van der Waals surface area (Å²) >= 11 is 0. The SMILES string of the molecule is CNc1nc(N[C@H](CC2CCCCC2)C(=O)NCc2ccccc2)cc(-n2cccc2)n1. The van der Waals surface area contributed by atoms with Crippen molar-refractivity contribution in [1.29, 1.82) is 0 Å². The van der Waals surface area contributed by atoms with Gasteiger partial charge in [-0.2, -0.15) is 9.97 Å². The van der Waals surface area contributed by atoms with Gasteiger partial charge in [0.15, 0.2) is 0 Å². The van der Waals surface area contributed by atoms with E-state index in [-0.39, 0.29) is 11.9 Å². The van der Waals surface area contributed by atoms with E-state index in [2.05, 4.69) is 25.9 Å². The Morgan fingerprint density at radius 1 is 1.06 bits per heavy atom. The lowest BCUT2D eigenvalue weighted by Gasteiger charge is -2.27. The van der Waals surface area contributed by atoms with E-state index in [4.69, 9.17) is 0 Å². The lowest BCUT2D eigenvalue weighted by molar-refractivity contribution is -0.122. The van der Waals surface area contributed by atoms with Crippen LogP contribution >= 0.6 is 0 Å². The fourth-order valence-electron chi connectivity index (χ4n) is 4.31. The Morgan fingerprint density at radius 3 is 2.53 bits per heavy atom. The minimum Gasteiger partial charge on any atom is -0.358 e. The van der Waals surface area contributed by atoms with Gasteiger partial charge in [-0.3, -0.25) is 4.79 Å². The van der Waals surface area contributed by atoms with Crippen LogP contribution in [0.5, 0.6) is 0 Å². The zero-order chi connectivity index (χ0) is 22.2. The summed E-state index contributed by atoms with van der Waals surface area (Å²) in [6.07, 6.45) is 10.9. The number of hydrogen-bond donors (Lipinski definition) is 3. The molecule has 2 heterocycles. The van der Waals surface area contributed by atoms with Crippen LogP contribution < -0.4 is 16.0 Å². The summed E-state index contributed by atoms with van der Waals surface area (Å²) in [4.78, 5) is 22.3. The molecule has 2 aromatic heterocycles. The summed E-state index contributed by atoms with van der Waals surface area (Å²) in [7, 11) is 1.80. The van der Waals surface area contributed by atoms with Gasteiger partial charge in [0, 0.05) is 32.1 Å². The van der Waals surface area contributed by atoms with Gasteiger partial charge >= 0.3 is 0 Å². The van der Waals surface area contributed by atoms with Crippen LogP contribution in [0, 0.1) is 5.92 Å². The molecule has 0 aliphatic heterocycles. The van der Waals surface area contributed by atoms with Crippen LogP contribution in [-0.4, -0.2) is 33.5 Å². The van der Waals surface area contributed by atoms with Crippen LogP contribution in [0.4, 0.5) is 11.8 Å². The van der Waals surface area contributed by atoms with Gasteiger partial charge in [0.1, 0.15) is 17.7 Å². The highest BCUT2D eigenvalue weighted by molar-refractivity contribution is 5.84. The quantitative estimate of drug-likeness (QED) is 0.467. The number of benzene rings is 1. The smallest absolute Gasteiger partial charge is 0.242 e. The van der Waals surface area contributed by atoms with Gasteiger partial charge in [0.2, 0.25) is 11.9 Å². The first-order valence-electron chi connectivity index (χ1n) is 11.5. The first-order valence-corrected chi connectivity index (χ1v) is 11.5. The Balaban J connectivity index is 1.52. The second kappa shape index (κ2) is 10.8. The molecule has 3 aromatic rings. The average molecular weight is 433 g/mol. The van der Waals surface area contributed by atoms with Crippen molar-refractivity contribution in [2.75, 3.05) is 17.7 Å². The van der Waals surface area contributed by atoms with Gasteiger partial charge in [-0.05, 0) is 30.0 Å². The molecule has 7 heteroatoms. The van der Waals surface area contributed by atoms with Gasteiger partial charge in [0.05, 0.1) is 0 Å². The van der Waals surface area contributed by atoms with Crippen molar-refractivity contribution in [2.24, 2.45) is 5.92 Å². The number of rotatable bonds is 9. The second-order valence-electron chi connectivity index (χ2n) is 8.42. The molecule has 1 aromatic carbocycles. The number of nitrogens with zero attached hydrogens (tertiary/aromatic N) is 3. The summed E-state index contributed by atoms with van der Waals surface area (Å²) < 4.78 is 1.93. The maximum atomic E-state index is 13.2. The number of hydrogen-bond acceptors (Lipinski definition) is 5. The standard InChI is InChI=1S/C25H32N6O/c1-26-25-29-22(17-23(30-25)31-14-8-9-15-31)28-21(16-19-10-4-2-5-11-19)24(32)27-18-20-12-6-3-7-13-20/h3,6-9,12-15,17,19,21H,2,4-5,10-11,16,18H2,1H3,(H,27,32)(H2,26,28,29,30)/t21-/m1/s1. The molecule has 1 saturated carbocycles. The first-order chi connectivity index (χ1) is 15.7. The predicted octanol–water partition coefficient (Wildman–Crippen LogP) is 4.38. The van der Waals surface area contributed by atoms with E-state index >= 15 is 0 Å². The van der Waals surface area contributed by atoms with Crippen molar-refractivity contribution in [1.82, 2.24) is 19.9 Å². The normalized spacial score (nSPS) is 15.2. The van der Waals surface area contributed by atoms with Crippen LogP contribution in [-0.2, 0) is 11.3 Å². The van der Waals surface area contributed by atoms with Crippen LogP contribution in [0.1, 0.15) is 44.1 Å². The molecule has 1 aliphatic rings. The topological polar surface area (TPSA) is 83.9 Å². The van der Waals surface area contributed by atoms with Crippen molar-refractivity contribution < 1.29 is 4.79 Å². The Morgan fingerprint density at radius 2 is 1.81 bits per heavy atom. The molecular formula is C25H32N6O. The Labute approximate surface area is 189 Å². The lowest BCUT2D eigenvalue weighted by Crippen LogP contribution is -2.41. The highest BCUT2D eigenvalue weighted by Crippen LogP contribution is 2.28. The van der Waals surface area contributed by atoms with E-state index in [9.17, 15) is 4.79 Å². The van der Waals surface area contributed by atoms with Crippen molar-refractivity contribution >= 4 is 17.7 Å². The third-order valence-corrected chi connectivity index (χ3v) is 6.05. The van der Waals surface area contributed by atoms with E-state index in [0.717, 1.165) is 17.8 Å². The van der Waals surface area contributed by atoms with Crippen molar-refractivity contribution in [3.8, 4) is 5.82 Å². The van der Waals surface area contributed by atoms with Gasteiger partial charge < -0.3 is 20.5 Å². The van der Waals surface area contributed by atoms with Crippen LogP contribution in [0.2, 0.25) is 0 Å². The highest BCUT2D eigenvalue weighted by atomic mass is 16.2. The highest BCUT2D eigenvalue weighted by Gasteiger charge is 2.25. The molecule has 168 valence electrons. The van der Waals surface area contributed by atoms with E-state index in [1.54, 1.807) is 7.05 Å². The molecule has 0 radical (unpaired) electrons. The van der Waals surface area contributed by atoms with Crippen molar-refractivity contribution in [3.63, 3.8) is 0 Å². The average Bonchev–Trinajstić information content (AvgIpc) is 3.38. The number of anilines is 2. The molecule has 7 nitrogen and oxygen atoms in total. The molecule has 1 amide bonds. The fourth-order valence-corrected chi connectivity index (χ4v) is 4.31. The van der Waals surface area contributed by atoms with Crippen molar-refractivity contribution in [3.05, 3.63) is 66.5 Å². The molecule has 0 bridgehead atoms. The monoisotopic (exact) mass is 432 g/mol. The minimum atomic E-state index is -0.348. The van der Waals surface area contributed by atoms with Gasteiger partial charge in [0.25, 0.3) is 0 Å². The molecule has 1 aliphatic carbocycles. The summed E-state index contributed by atoms with van der Waals surface area (Å²) in [5.74, 6) is 2.46. The van der Waals surface area contributed by atoms with Crippen molar-refractivity contribution in [2.45, 2.75) is 51.1 Å². The Hall–Kier alpha value is -3.35. The fraction of sp³-hybridized carbons (Fsp3) is 0.400. The second-order valence-corrected chi connectivity index (χ2v) is 8.42. The molecular weight excluding hydrogens is 400 g/mol. The maximum absolute atomic E-state index is 13.2. The van der Waals surface area contributed by atoms with E-state index in [1.165, 1.54) is 32.1 Å². The van der Waals surface area contributed by atoms with Crippen LogP contribution in [0.3, 0.4) is 0 Å². The minimum absolute atomic E-state index is 0.00607.